The lowest BCUT2D eigenvalue weighted by atomic mass is 10.1. The molecule has 0 radical (unpaired) electrons. The summed E-state index contributed by atoms with van der Waals surface area (Å²) in [6, 6.07) is 16.3. The molecule has 3 aromatic rings. The number of para-hydroxylation sites is 1. The summed E-state index contributed by atoms with van der Waals surface area (Å²) in [5.74, 6) is 0. The third-order valence-electron chi connectivity index (χ3n) is 4.45. The number of thiocarbonyl (C=S) groups is 1. The Balaban J connectivity index is 1.95. The van der Waals surface area contributed by atoms with E-state index in [-0.39, 0.29) is 4.90 Å². The zero-order valence-corrected chi connectivity index (χ0v) is 19.4. The van der Waals surface area contributed by atoms with Crippen LogP contribution in [0.4, 0.5) is 0 Å². The molecule has 0 amide bonds. The van der Waals surface area contributed by atoms with Crippen LogP contribution in [-0.4, -0.2) is 54.5 Å². The zero-order chi connectivity index (χ0) is 23.1. The number of hydrazone groups is 1. The summed E-state index contributed by atoms with van der Waals surface area (Å²) < 4.78 is 27.7. The maximum atomic E-state index is 12.4. The molecule has 0 saturated carbocycles. The predicted molar refractivity (Wildman–Crippen MR) is 131 cm³/mol. The van der Waals surface area contributed by atoms with Gasteiger partial charge in [0.15, 0.2) is 5.11 Å². The van der Waals surface area contributed by atoms with E-state index in [1.54, 1.807) is 41.2 Å². The van der Waals surface area contributed by atoms with Crippen molar-refractivity contribution >= 4 is 33.6 Å². The van der Waals surface area contributed by atoms with Gasteiger partial charge >= 0.3 is 0 Å². The number of aromatic nitrogens is 2. The van der Waals surface area contributed by atoms with Gasteiger partial charge < -0.3 is 5.32 Å². The lowest BCUT2D eigenvalue weighted by molar-refractivity contribution is 0.521. The molecule has 0 fully saturated rings. The third-order valence-corrected chi connectivity index (χ3v) is 6.51. The molecule has 0 saturated heterocycles. The van der Waals surface area contributed by atoms with Crippen LogP contribution in [0.1, 0.15) is 5.56 Å². The molecule has 0 aliphatic rings. The van der Waals surface area contributed by atoms with Gasteiger partial charge in [0.2, 0.25) is 10.0 Å². The van der Waals surface area contributed by atoms with E-state index in [2.05, 4.69) is 22.4 Å². The summed E-state index contributed by atoms with van der Waals surface area (Å²) in [5.41, 5.74) is 5.78. The van der Waals surface area contributed by atoms with Crippen LogP contribution < -0.4 is 10.7 Å². The first-order valence-corrected chi connectivity index (χ1v) is 11.5. The topological polar surface area (TPSA) is 91.6 Å². The van der Waals surface area contributed by atoms with E-state index in [9.17, 15) is 8.42 Å². The molecule has 0 aliphatic heterocycles. The molecule has 1 heterocycles. The summed E-state index contributed by atoms with van der Waals surface area (Å²) in [5, 5.41) is 12.2. The highest BCUT2D eigenvalue weighted by molar-refractivity contribution is 7.89. The van der Waals surface area contributed by atoms with Gasteiger partial charge in [0.1, 0.15) is 5.69 Å². The Morgan fingerprint density at radius 1 is 1.19 bits per heavy atom. The summed E-state index contributed by atoms with van der Waals surface area (Å²) in [6.07, 6.45) is 5.16. The van der Waals surface area contributed by atoms with Gasteiger partial charge in [-0.2, -0.15) is 10.2 Å². The standard InChI is InChI=1S/C22H24N6O2S2/c1-4-14-23-22(31)25-24-15-18-16-28(19-8-6-5-7-9-19)26-21(18)17-10-12-20(13-11-17)32(29,30)27(2)3/h4-13,15-16H,1,14H2,2-3H3,(H2,23,25,31)/b24-15+. The van der Waals surface area contributed by atoms with Crippen molar-refractivity contribution < 1.29 is 8.42 Å². The highest BCUT2D eigenvalue weighted by atomic mass is 32.2. The van der Waals surface area contributed by atoms with E-state index >= 15 is 0 Å². The first-order chi connectivity index (χ1) is 15.3. The van der Waals surface area contributed by atoms with Crippen LogP contribution in [-0.2, 0) is 10.0 Å². The lowest BCUT2D eigenvalue weighted by Crippen LogP contribution is -2.31. The van der Waals surface area contributed by atoms with E-state index in [1.165, 1.54) is 18.4 Å². The first kappa shape index (κ1) is 23.3. The Morgan fingerprint density at radius 3 is 2.50 bits per heavy atom. The molecule has 32 heavy (non-hydrogen) atoms. The minimum absolute atomic E-state index is 0.212. The Kier molecular flexibility index (Phi) is 7.52. The van der Waals surface area contributed by atoms with Gasteiger partial charge in [-0.15, -0.1) is 6.58 Å². The van der Waals surface area contributed by atoms with Crippen molar-refractivity contribution in [3.8, 4) is 16.9 Å². The summed E-state index contributed by atoms with van der Waals surface area (Å²) >= 11 is 5.15. The normalized spacial score (nSPS) is 11.6. The van der Waals surface area contributed by atoms with Gasteiger partial charge in [-0.1, -0.05) is 36.4 Å². The highest BCUT2D eigenvalue weighted by Gasteiger charge is 2.18. The molecule has 0 aliphatic carbocycles. The quantitative estimate of drug-likeness (QED) is 0.229. The van der Waals surface area contributed by atoms with Crippen LogP contribution in [0.15, 0.2) is 83.4 Å². The molecule has 3 rings (SSSR count). The Hall–Kier alpha value is -3.34. The van der Waals surface area contributed by atoms with Crippen molar-refractivity contribution in [3.05, 3.63) is 79.0 Å². The maximum absolute atomic E-state index is 12.4. The van der Waals surface area contributed by atoms with Crippen LogP contribution >= 0.6 is 12.2 Å². The molecular formula is C22H24N6O2S2. The first-order valence-electron chi connectivity index (χ1n) is 9.69. The molecule has 0 atom stereocenters. The monoisotopic (exact) mass is 468 g/mol. The number of nitrogens with one attached hydrogen (secondary N) is 2. The number of benzene rings is 2. The zero-order valence-electron chi connectivity index (χ0n) is 17.8. The second-order valence-electron chi connectivity index (χ2n) is 6.89. The van der Waals surface area contributed by atoms with Crippen LogP contribution in [0, 0.1) is 0 Å². The molecule has 166 valence electrons. The molecular weight excluding hydrogens is 444 g/mol. The van der Waals surface area contributed by atoms with Gasteiger partial charge in [-0.05, 0) is 36.5 Å². The number of rotatable bonds is 8. The van der Waals surface area contributed by atoms with Crippen LogP contribution in [0.5, 0.6) is 0 Å². The van der Waals surface area contributed by atoms with Crippen molar-refractivity contribution in [3.63, 3.8) is 0 Å². The van der Waals surface area contributed by atoms with Gasteiger partial charge in [-0.25, -0.2) is 17.4 Å². The van der Waals surface area contributed by atoms with E-state index in [0.717, 1.165) is 16.8 Å². The fraction of sp³-hybridized carbons (Fsp3) is 0.136. The smallest absolute Gasteiger partial charge is 0.242 e. The summed E-state index contributed by atoms with van der Waals surface area (Å²) in [7, 11) is -0.511. The fourth-order valence-electron chi connectivity index (χ4n) is 2.78. The summed E-state index contributed by atoms with van der Waals surface area (Å²) in [4.78, 5) is 0.212. The SMILES string of the molecule is C=CCNC(=S)N/N=C/c1cn(-c2ccccc2)nc1-c1ccc(S(=O)(=O)N(C)C)cc1. The van der Waals surface area contributed by atoms with Crippen LogP contribution in [0.25, 0.3) is 16.9 Å². The fourth-order valence-corrected chi connectivity index (χ4v) is 3.82. The molecule has 2 aromatic carbocycles. The average Bonchev–Trinajstić information content (AvgIpc) is 3.22. The second kappa shape index (κ2) is 10.3. The molecule has 2 N–H and O–H groups in total. The van der Waals surface area contributed by atoms with Crippen molar-refractivity contribution in [2.75, 3.05) is 20.6 Å². The highest BCUT2D eigenvalue weighted by Crippen LogP contribution is 2.25. The molecule has 0 spiro atoms. The Labute approximate surface area is 193 Å². The van der Waals surface area contributed by atoms with Crippen molar-refractivity contribution in [2.24, 2.45) is 5.10 Å². The number of hydrogen-bond acceptors (Lipinski definition) is 5. The van der Waals surface area contributed by atoms with E-state index in [1.807, 2.05) is 36.5 Å². The van der Waals surface area contributed by atoms with Crippen LogP contribution in [0.3, 0.4) is 0 Å². The van der Waals surface area contributed by atoms with Crippen molar-refractivity contribution in [1.29, 1.82) is 0 Å². The van der Waals surface area contributed by atoms with Crippen LogP contribution in [0.2, 0.25) is 0 Å². The van der Waals surface area contributed by atoms with Crippen molar-refractivity contribution in [2.45, 2.75) is 4.90 Å². The van der Waals surface area contributed by atoms with E-state index in [4.69, 9.17) is 17.3 Å². The minimum atomic E-state index is -3.51. The molecule has 10 heteroatoms. The lowest BCUT2D eigenvalue weighted by Gasteiger charge is -2.11. The Bertz CT molecular complexity index is 1220. The minimum Gasteiger partial charge on any atom is -0.358 e. The number of nitrogens with zero attached hydrogens (tertiary/aromatic N) is 4. The van der Waals surface area contributed by atoms with Gasteiger partial charge in [0.05, 0.1) is 16.8 Å². The maximum Gasteiger partial charge on any atom is 0.242 e. The predicted octanol–water partition coefficient (Wildman–Crippen LogP) is 2.77. The molecule has 1 aromatic heterocycles. The third kappa shape index (κ3) is 5.47. The second-order valence-corrected chi connectivity index (χ2v) is 9.45. The molecule has 0 bridgehead atoms. The van der Waals surface area contributed by atoms with E-state index < -0.39 is 10.0 Å². The summed E-state index contributed by atoms with van der Waals surface area (Å²) in [6.45, 7) is 4.16. The number of hydrogen-bond donors (Lipinski definition) is 2. The van der Waals surface area contributed by atoms with Gasteiger partial charge in [0, 0.05) is 38.0 Å². The van der Waals surface area contributed by atoms with Gasteiger partial charge in [0.25, 0.3) is 0 Å². The van der Waals surface area contributed by atoms with Gasteiger partial charge in [-0.3, -0.25) is 5.43 Å². The largest absolute Gasteiger partial charge is 0.358 e. The average molecular weight is 469 g/mol. The molecule has 8 nitrogen and oxygen atoms in total. The number of sulfonamides is 1. The van der Waals surface area contributed by atoms with E-state index in [0.29, 0.717) is 17.4 Å². The molecule has 0 unspecified atom stereocenters. The Morgan fingerprint density at radius 2 is 1.88 bits per heavy atom. The van der Waals surface area contributed by atoms with Crippen molar-refractivity contribution in [1.82, 2.24) is 24.8 Å².